The SMILES string of the molecule is N#CC1(NS(=O)(=O)N2CCCCCC2)CCCCCC1. The lowest BCUT2D eigenvalue weighted by atomic mass is 9.94. The molecule has 0 spiro atoms. The fourth-order valence-electron chi connectivity index (χ4n) is 3.16. The zero-order valence-corrected chi connectivity index (χ0v) is 12.9. The van der Waals surface area contributed by atoms with Crippen LogP contribution in [-0.2, 0) is 10.2 Å². The molecule has 0 aromatic carbocycles. The molecule has 6 heteroatoms. The maximum Gasteiger partial charge on any atom is 0.280 e. The molecule has 0 aromatic rings. The van der Waals surface area contributed by atoms with Crippen molar-refractivity contribution in [2.75, 3.05) is 13.1 Å². The van der Waals surface area contributed by atoms with Crippen molar-refractivity contribution < 1.29 is 8.42 Å². The van der Waals surface area contributed by atoms with Crippen LogP contribution in [0, 0.1) is 11.3 Å². The minimum absolute atomic E-state index is 0.580. The minimum atomic E-state index is -3.53. The van der Waals surface area contributed by atoms with Crippen LogP contribution < -0.4 is 4.72 Å². The maximum absolute atomic E-state index is 12.5. The molecule has 0 aromatic heterocycles. The average molecular weight is 299 g/mol. The smallest absolute Gasteiger partial charge is 0.196 e. The lowest BCUT2D eigenvalue weighted by Crippen LogP contribution is -2.52. The van der Waals surface area contributed by atoms with Gasteiger partial charge >= 0.3 is 0 Å². The van der Waals surface area contributed by atoms with Crippen LogP contribution in [0.4, 0.5) is 0 Å². The fraction of sp³-hybridized carbons (Fsp3) is 0.929. The van der Waals surface area contributed by atoms with Crippen LogP contribution in [0.15, 0.2) is 0 Å². The van der Waals surface area contributed by atoms with E-state index in [4.69, 9.17) is 0 Å². The summed E-state index contributed by atoms with van der Waals surface area (Å²) in [5.74, 6) is 0. The van der Waals surface area contributed by atoms with Gasteiger partial charge in [0.05, 0.1) is 6.07 Å². The Labute approximate surface area is 122 Å². The largest absolute Gasteiger partial charge is 0.280 e. The normalized spacial score (nSPS) is 25.4. The molecule has 114 valence electrons. The first kappa shape index (κ1) is 15.7. The monoisotopic (exact) mass is 299 g/mol. The summed E-state index contributed by atoms with van der Waals surface area (Å²) in [5, 5.41) is 9.49. The lowest BCUT2D eigenvalue weighted by molar-refractivity contribution is 0.373. The Bertz CT molecular complexity index is 440. The van der Waals surface area contributed by atoms with Crippen LogP contribution in [0.1, 0.15) is 64.2 Å². The summed E-state index contributed by atoms with van der Waals surface area (Å²) in [4.78, 5) is 0. The summed E-state index contributed by atoms with van der Waals surface area (Å²) in [7, 11) is -3.53. The molecule has 5 nitrogen and oxygen atoms in total. The van der Waals surface area contributed by atoms with E-state index in [2.05, 4.69) is 10.8 Å². The first-order chi connectivity index (χ1) is 9.58. The lowest BCUT2D eigenvalue weighted by Gasteiger charge is -2.30. The van der Waals surface area contributed by atoms with Crippen molar-refractivity contribution in [3.8, 4) is 6.07 Å². The van der Waals surface area contributed by atoms with Gasteiger partial charge in [-0.3, -0.25) is 0 Å². The molecule has 1 N–H and O–H groups in total. The van der Waals surface area contributed by atoms with Gasteiger partial charge in [-0.25, -0.2) is 0 Å². The number of hydrogen-bond donors (Lipinski definition) is 1. The van der Waals surface area contributed by atoms with Gasteiger partial charge in [-0.15, -0.1) is 0 Å². The van der Waals surface area contributed by atoms with E-state index < -0.39 is 15.7 Å². The van der Waals surface area contributed by atoms with Crippen molar-refractivity contribution in [3.63, 3.8) is 0 Å². The Morgan fingerprint density at radius 1 is 0.900 bits per heavy atom. The minimum Gasteiger partial charge on any atom is -0.196 e. The molecule has 1 aliphatic carbocycles. The zero-order chi connectivity index (χ0) is 14.5. The predicted molar refractivity (Wildman–Crippen MR) is 78.1 cm³/mol. The first-order valence-corrected chi connectivity index (χ1v) is 9.22. The van der Waals surface area contributed by atoms with E-state index >= 15 is 0 Å². The van der Waals surface area contributed by atoms with Crippen LogP contribution in [0.3, 0.4) is 0 Å². The van der Waals surface area contributed by atoms with E-state index in [1.807, 2.05) is 0 Å². The molecule has 0 atom stereocenters. The van der Waals surface area contributed by atoms with Crippen molar-refractivity contribution in [3.05, 3.63) is 0 Å². The summed E-state index contributed by atoms with van der Waals surface area (Å²) in [6.07, 6.45) is 9.33. The molecular weight excluding hydrogens is 274 g/mol. The number of nitriles is 1. The van der Waals surface area contributed by atoms with E-state index in [0.29, 0.717) is 25.9 Å². The average Bonchev–Trinajstić information content (AvgIpc) is 2.81. The van der Waals surface area contributed by atoms with E-state index in [9.17, 15) is 13.7 Å². The predicted octanol–water partition coefficient (Wildman–Crippen LogP) is 2.31. The molecule has 2 rings (SSSR count). The Morgan fingerprint density at radius 2 is 1.40 bits per heavy atom. The summed E-state index contributed by atoms with van der Waals surface area (Å²) in [6.45, 7) is 1.16. The molecule has 1 heterocycles. The molecule has 1 aliphatic heterocycles. The number of rotatable bonds is 3. The van der Waals surface area contributed by atoms with Gasteiger partial charge in [0.25, 0.3) is 10.2 Å². The molecular formula is C14H25N3O2S. The van der Waals surface area contributed by atoms with E-state index in [0.717, 1.165) is 51.4 Å². The molecule has 2 fully saturated rings. The molecule has 1 saturated heterocycles. The van der Waals surface area contributed by atoms with E-state index in [1.165, 1.54) is 4.31 Å². The quantitative estimate of drug-likeness (QED) is 0.813. The first-order valence-electron chi connectivity index (χ1n) is 7.78. The second-order valence-corrected chi connectivity index (χ2v) is 7.70. The van der Waals surface area contributed by atoms with Crippen LogP contribution >= 0.6 is 0 Å². The van der Waals surface area contributed by atoms with Crippen LogP contribution in [0.25, 0.3) is 0 Å². The summed E-state index contributed by atoms with van der Waals surface area (Å²) in [6, 6.07) is 2.25. The van der Waals surface area contributed by atoms with Gasteiger partial charge in [0.15, 0.2) is 0 Å². The van der Waals surface area contributed by atoms with Gasteiger partial charge in [-0.05, 0) is 25.7 Å². The number of nitrogens with one attached hydrogen (secondary N) is 1. The van der Waals surface area contributed by atoms with E-state index in [-0.39, 0.29) is 0 Å². The molecule has 0 bridgehead atoms. The number of hydrogen-bond acceptors (Lipinski definition) is 3. The van der Waals surface area contributed by atoms with Crippen molar-refractivity contribution in [2.24, 2.45) is 0 Å². The van der Waals surface area contributed by atoms with Gasteiger partial charge in [0.1, 0.15) is 5.54 Å². The molecule has 0 unspecified atom stereocenters. The standard InChI is InChI=1S/C14H25N3O2S/c15-13-14(9-5-1-2-6-10-14)16-20(18,19)17-11-7-3-4-8-12-17/h16H,1-12H2. The third-order valence-corrected chi connectivity index (χ3v) is 6.09. The van der Waals surface area contributed by atoms with Gasteiger partial charge < -0.3 is 0 Å². The highest BCUT2D eigenvalue weighted by Crippen LogP contribution is 2.28. The van der Waals surface area contributed by atoms with Gasteiger partial charge in [-0.1, -0.05) is 38.5 Å². The van der Waals surface area contributed by atoms with Crippen molar-refractivity contribution >= 4 is 10.2 Å². The molecule has 1 saturated carbocycles. The Morgan fingerprint density at radius 3 is 1.90 bits per heavy atom. The zero-order valence-electron chi connectivity index (χ0n) is 12.1. The van der Waals surface area contributed by atoms with Crippen molar-refractivity contribution in [2.45, 2.75) is 69.7 Å². The maximum atomic E-state index is 12.5. The van der Waals surface area contributed by atoms with E-state index in [1.54, 1.807) is 0 Å². The Kier molecular flexibility index (Phi) is 5.42. The fourth-order valence-corrected chi connectivity index (χ4v) is 4.77. The summed E-state index contributed by atoms with van der Waals surface area (Å²) in [5.41, 5.74) is -0.887. The Hall–Kier alpha value is -0.640. The summed E-state index contributed by atoms with van der Waals surface area (Å²) >= 11 is 0. The molecule has 0 amide bonds. The third kappa shape index (κ3) is 3.94. The van der Waals surface area contributed by atoms with Crippen molar-refractivity contribution in [1.82, 2.24) is 9.03 Å². The molecule has 2 aliphatic rings. The van der Waals surface area contributed by atoms with Crippen LogP contribution in [0.2, 0.25) is 0 Å². The second-order valence-electron chi connectivity index (χ2n) is 6.03. The highest BCUT2D eigenvalue weighted by atomic mass is 32.2. The van der Waals surface area contributed by atoms with Crippen LogP contribution in [-0.4, -0.2) is 31.4 Å². The topological polar surface area (TPSA) is 73.2 Å². The van der Waals surface area contributed by atoms with Crippen LogP contribution in [0.5, 0.6) is 0 Å². The third-order valence-electron chi connectivity index (χ3n) is 4.40. The number of nitrogens with zero attached hydrogens (tertiary/aromatic N) is 2. The van der Waals surface area contributed by atoms with Crippen molar-refractivity contribution in [1.29, 1.82) is 5.26 Å². The highest BCUT2D eigenvalue weighted by molar-refractivity contribution is 7.87. The second kappa shape index (κ2) is 6.88. The highest BCUT2D eigenvalue weighted by Gasteiger charge is 2.37. The van der Waals surface area contributed by atoms with Gasteiger partial charge in [0.2, 0.25) is 0 Å². The Balaban J connectivity index is 2.10. The molecule has 20 heavy (non-hydrogen) atoms. The van der Waals surface area contributed by atoms with Gasteiger partial charge in [-0.2, -0.15) is 22.7 Å². The summed E-state index contributed by atoms with van der Waals surface area (Å²) < 4.78 is 29.4. The molecule has 0 radical (unpaired) electrons. The van der Waals surface area contributed by atoms with Gasteiger partial charge in [0, 0.05) is 13.1 Å².